The second-order valence-corrected chi connectivity index (χ2v) is 4.34. The highest BCUT2D eigenvalue weighted by Gasteiger charge is 2.17. The minimum atomic E-state index is -0.923. The number of hydrogen-bond acceptors (Lipinski definition) is 1. The summed E-state index contributed by atoms with van der Waals surface area (Å²) in [5, 5.41) is -0.403. The molecule has 2 aromatic rings. The Morgan fingerprint density at radius 3 is 2.37 bits per heavy atom. The zero-order valence-electron chi connectivity index (χ0n) is 9.59. The molecule has 0 aliphatic carbocycles. The van der Waals surface area contributed by atoms with Gasteiger partial charge in [-0.15, -0.1) is 0 Å². The Morgan fingerprint density at radius 1 is 1.00 bits per heavy atom. The first-order valence-corrected chi connectivity index (χ1v) is 5.78. The molecule has 5 heteroatoms. The number of benzene rings is 2. The van der Waals surface area contributed by atoms with Crippen molar-refractivity contribution in [2.45, 2.75) is 6.42 Å². The fourth-order valence-corrected chi connectivity index (χ4v) is 1.80. The molecule has 98 valence electrons. The molecule has 0 fully saturated rings. The summed E-state index contributed by atoms with van der Waals surface area (Å²) in [6.45, 7) is 0. The van der Waals surface area contributed by atoms with Gasteiger partial charge in [-0.2, -0.15) is 0 Å². The monoisotopic (exact) mass is 284 g/mol. The van der Waals surface area contributed by atoms with E-state index in [1.165, 1.54) is 18.2 Å². The van der Waals surface area contributed by atoms with Crippen LogP contribution in [-0.2, 0) is 6.42 Å². The number of Topliss-reactive ketones (excluding diaryl/α,β-unsaturated/α-hetero) is 1. The summed E-state index contributed by atoms with van der Waals surface area (Å²) in [5.41, 5.74) is -0.313. The van der Waals surface area contributed by atoms with Gasteiger partial charge < -0.3 is 0 Å². The summed E-state index contributed by atoms with van der Waals surface area (Å²) in [4.78, 5) is 11.8. The quantitative estimate of drug-likeness (QED) is 0.610. The second-order valence-electron chi connectivity index (χ2n) is 3.94. The zero-order chi connectivity index (χ0) is 14.0. The molecule has 0 aliphatic heterocycles. The van der Waals surface area contributed by atoms with Crippen LogP contribution in [0.25, 0.3) is 0 Å². The van der Waals surface area contributed by atoms with E-state index >= 15 is 0 Å². The average molecular weight is 285 g/mol. The largest absolute Gasteiger partial charge is 0.294 e. The van der Waals surface area contributed by atoms with E-state index in [-0.39, 0.29) is 12.0 Å². The van der Waals surface area contributed by atoms with E-state index in [1.807, 2.05) is 0 Å². The van der Waals surface area contributed by atoms with Crippen LogP contribution < -0.4 is 0 Å². The number of carbonyl (C=O) groups excluding carboxylic acids is 1. The normalized spacial score (nSPS) is 10.5. The van der Waals surface area contributed by atoms with Crippen LogP contribution >= 0.6 is 11.6 Å². The van der Waals surface area contributed by atoms with Crippen molar-refractivity contribution in [1.82, 2.24) is 0 Å². The van der Waals surface area contributed by atoms with Crippen molar-refractivity contribution in [2.75, 3.05) is 0 Å². The molecule has 0 radical (unpaired) electrons. The molecule has 0 amide bonds. The highest BCUT2D eigenvalue weighted by Crippen LogP contribution is 2.21. The van der Waals surface area contributed by atoms with Crippen molar-refractivity contribution in [3.63, 3.8) is 0 Å². The summed E-state index contributed by atoms with van der Waals surface area (Å²) in [6.07, 6.45) is -0.343. The molecule has 19 heavy (non-hydrogen) atoms. The molecule has 0 spiro atoms. The molecule has 0 bridgehead atoms. The van der Waals surface area contributed by atoms with Crippen molar-refractivity contribution >= 4 is 17.4 Å². The van der Waals surface area contributed by atoms with Gasteiger partial charge in [0.15, 0.2) is 5.78 Å². The van der Waals surface area contributed by atoms with Gasteiger partial charge in [-0.25, -0.2) is 13.2 Å². The number of carbonyl (C=O) groups is 1. The molecule has 0 unspecified atom stereocenters. The van der Waals surface area contributed by atoms with Crippen LogP contribution in [0, 0.1) is 17.5 Å². The predicted molar refractivity (Wildman–Crippen MR) is 65.8 cm³/mol. The maximum atomic E-state index is 13.5. The molecule has 2 rings (SSSR count). The number of halogens is 4. The maximum Gasteiger partial charge on any atom is 0.170 e. The van der Waals surface area contributed by atoms with E-state index in [1.54, 1.807) is 6.07 Å². The SMILES string of the molecule is O=C(Cc1ccccc1F)c1cc(F)c(Cl)cc1F. The highest BCUT2D eigenvalue weighted by atomic mass is 35.5. The van der Waals surface area contributed by atoms with Gasteiger partial charge >= 0.3 is 0 Å². The Balaban J connectivity index is 2.31. The van der Waals surface area contributed by atoms with Gasteiger partial charge in [0, 0.05) is 6.42 Å². The first kappa shape index (κ1) is 13.6. The minimum absolute atomic E-state index is 0.127. The molecule has 0 atom stereocenters. The summed E-state index contributed by atoms with van der Waals surface area (Å²) in [6, 6.07) is 7.10. The second kappa shape index (κ2) is 5.45. The highest BCUT2D eigenvalue weighted by molar-refractivity contribution is 6.30. The third-order valence-electron chi connectivity index (χ3n) is 2.62. The van der Waals surface area contributed by atoms with E-state index < -0.39 is 33.8 Å². The Labute approximate surface area is 112 Å². The van der Waals surface area contributed by atoms with E-state index in [0.717, 1.165) is 12.1 Å². The third kappa shape index (κ3) is 2.96. The standard InChI is InChI=1S/C14H8ClF3O/c15-10-7-12(17)9(6-13(10)18)14(19)5-8-3-1-2-4-11(8)16/h1-4,6-7H,5H2. The van der Waals surface area contributed by atoms with Crippen LogP contribution in [0.3, 0.4) is 0 Å². The van der Waals surface area contributed by atoms with Crippen LogP contribution in [0.1, 0.15) is 15.9 Å². The lowest BCUT2D eigenvalue weighted by Gasteiger charge is -2.05. The van der Waals surface area contributed by atoms with Gasteiger partial charge in [-0.3, -0.25) is 4.79 Å². The van der Waals surface area contributed by atoms with E-state index in [4.69, 9.17) is 11.6 Å². The van der Waals surface area contributed by atoms with Gasteiger partial charge in [0.05, 0.1) is 10.6 Å². The van der Waals surface area contributed by atoms with Crippen molar-refractivity contribution in [3.05, 3.63) is 70.0 Å². The lowest BCUT2D eigenvalue weighted by molar-refractivity contribution is 0.0987. The molecule has 0 N–H and O–H groups in total. The minimum Gasteiger partial charge on any atom is -0.294 e. The topological polar surface area (TPSA) is 17.1 Å². The molecular formula is C14H8ClF3O. The Kier molecular flexibility index (Phi) is 3.90. The Bertz CT molecular complexity index is 641. The molecule has 0 aromatic heterocycles. The van der Waals surface area contributed by atoms with Crippen LogP contribution in [0.4, 0.5) is 13.2 Å². The summed E-state index contributed by atoms with van der Waals surface area (Å²) in [7, 11) is 0. The number of ketones is 1. The Morgan fingerprint density at radius 2 is 1.68 bits per heavy atom. The smallest absolute Gasteiger partial charge is 0.170 e. The van der Waals surface area contributed by atoms with Gasteiger partial charge in [-0.1, -0.05) is 29.8 Å². The van der Waals surface area contributed by atoms with E-state index in [2.05, 4.69) is 0 Å². The molecule has 0 saturated carbocycles. The van der Waals surface area contributed by atoms with Gasteiger partial charge in [0.25, 0.3) is 0 Å². The van der Waals surface area contributed by atoms with E-state index in [0.29, 0.717) is 0 Å². The van der Waals surface area contributed by atoms with Crippen molar-refractivity contribution in [2.24, 2.45) is 0 Å². The van der Waals surface area contributed by atoms with E-state index in [9.17, 15) is 18.0 Å². The lowest BCUT2D eigenvalue weighted by Crippen LogP contribution is -2.08. The first-order chi connectivity index (χ1) is 8.99. The molecule has 2 aromatic carbocycles. The first-order valence-electron chi connectivity index (χ1n) is 5.40. The van der Waals surface area contributed by atoms with Crippen LogP contribution in [0.5, 0.6) is 0 Å². The van der Waals surface area contributed by atoms with Gasteiger partial charge in [0.1, 0.15) is 17.5 Å². The zero-order valence-corrected chi connectivity index (χ0v) is 10.3. The van der Waals surface area contributed by atoms with Crippen LogP contribution in [0.15, 0.2) is 36.4 Å². The van der Waals surface area contributed by atoms with Crippen LogP contribution in [-0.4, -0.2) is 5.78 Å². The van der Waals surface area contributed by atoms with Crippen molar-refractivity contribution in [3.8, 4) is 0 Å². The summed E-state index contributed by atoms with van der Waals surface area (Å²) in [5.74, 6) is -3.09. The Hall–Kier alpha value is -1.81. The molecule has 0 aliphatic rings. The molecular weight excluding hydrogens is 277 g/mol. The van der Waals surface area contributed by atoms with Crippen molar-refractivity contribution < 1.29 is 18.0 Å². The third-order valence-corrected chi connectivity index (χ3v) is 2.91. The molecule has 0 heterocycles. The van der Waals surface area contributed by atoms with Gasteiger partial charge in [-0.05, 0) is 23.8 Å². The van der Waals surface area contributed by atoms with Crippen LogP contribution in [0.2, 0.25) is 5.02 Å². The summed E-state index contributed by atoms with van der Waals surface area (Å²) < 4.78 is 40.1. The predicted octanol–water partition coefficient (Wildman–Crippen LogP) is 4.18. The van der Waals surface area contributed by atoms with Crippen molar-refractivity contribution in [1.29, 1.82) is 0 Å². The fourth-order valence-electron chi connectivity index (χ4n) is 1.65. The average Bonchev–Trinajstić information content (AvgIpc) is 2.36. The fraction of sp³-hybridized carbons (Fsp3) is 0.0714. The summed E-state index contributed by atoms with van der Waals surface area (Å²) >= 11 is 5.39. The maximum absolute atomic E-state index is 13.5. The number of hydrogen-bond donors (Lipinski definition) is 0. The number of rotatable bonds is 3. The lowest BCUT2D eigenvalue weighted by atomic mass is 10.0. The molecule has 0 saturated heterocycles. The van der Waals surface area contributed by atoms with Gasteiger partial charge in [0.2, 0.25) is 0 Å². The molecule has 1 nitrogen and oxygen atoms in total.